The van der Waals surface area contributed by atoms with Crippen molar-refractivity contribution in [2.24, 2.45) is 0 Å². The Balaban J connectivity index is 3.09. The number of ether oxygens (including phenoxy) is 1. The van der Waals surface area contributed by atoms with Crippen LogP contribution in [0.2, 0.25) is 5.02 Å². The van der Waals surface area contributed by atoms with Crippen LogP contribution in [0.3, 0.4) is 0 Å². The number of aryl methyl sites for hydroxylation is 1. The lowest BCUT2D eigenvalue weighted by Gasteiger charge is -2.12. The van der Waals surface area contributed by atoms with Gasteiger partial charge in [0.1, 0.15) is 4.90 Å². The first-order chi connectivity index (χ1) is 9.16. The number of carbonyl (C=O) groups excluding carboxylic acids is 1. The summed E-state index contributed by atoms with van der Waals surface area (Å²) < 4.78 is 27.8. The molecule has 0 saturated carbocycles. The number of carbonyl (C=O) groups is 1. The molecule has 5 nitrogen and oxygen atoms in total. The Morgan fingerprint density at radius 3 is 2.55 bits per heavy atom. The van der Waals surface area contributed by atoms with Crippen LogP contribution in [0.1, 0.15) is 22.8 Å². The molecule has 0 bridgehead atoms. The Kier molecular flexibility index (Phi) is 5.82. The molecule has 0 aromatic heterocycles. The van der Waals surface area contributed by atoms with Gasteiger partial charge >= 0.3 is 0 Å². The Labute approximate surface area is 127 Å². The lowest BCUT2D eigenvalue weighted by Crippen LogP contribution is -2.31. The number of methoxy groups -OCH3 is 1. The van der Waals surface area contributed by atoms with Gasteiger partial charge in [0.2, 0.25) is 0 Å². The summed E-state index contributed by atoms with van der Waals surface area (Å²) in [5, 5.41) is 2.65. The third-order valence-corrected chi connectivity index (χ3v) is 4.66. The standard InChI is InChI=1S/C12H15Cl2NO4S/c1-7-4-9(12(16)15-6-8(2)19-3)5-10(11(7)13)20(14,17)18/h4-5,8H,6H2,1-3H3,(H,15,16). The SMILES string of the molecule is COC(C)CNC(=O)c1cc(C)c(Cl)c(S(=O)(=O)Cl)c1. The summed E-state index contributed by atoms with van der Waals surface area (Å²) in [7, 11) is 2.82. The summed E-state index contributed by atoms with van der Waals surface area (Å²) in [6, 6.07) is 2.66. The lowest BCUT2D eigenvalue weighted by atomic mass is 10.1. The smallest absolute Gasteiger partial charge is 0.262 e. The highest BCUT2D eigenvalue weighted by atomic mass is 35.7. The fraction of sp³-hybridized carbons (Fsp3) is 0.417. The Bertz CT molecular complexity index is 616. The number of halogens is 2. The van der Waals surface area contributed by atoms with Crippen molar-refractivity contribution < 1.29 is 17.9 Å². The molecule has 0 saturated heterocycles. The van der Waals surface area contributed by atoms with Gasteiger partial charge in [0.25, 0.3) is 15.0 Å². The summed E-state index contributed by atoms with van der Waals surface area (Å²) in [6.45, 7) is 3.70. The van der Waals surface area contributed by atoms with E-state index in [1.807, 2.05) is 0 Å². The molecule has 0 aliphatic heterocycles. The van der Waals surface area contributed by atoms with Crippen molar-refractivity contribution in [3.63, 3.8) is 0 Å². The van der Waals surface area contributed by atoms with Gasteiger partial charge in [-0.3, -0.25) is 4.79 Å². The number of hydrogen-bond donors (Lipinski definition) is 1. The summed E-state index contributed by atoms with van der Waals surface area (Å²) >= 11 is 5.89. The van der Waals surface area contributed by atoms with E-state index in [2.05, 4.69) is 5.32 Å². The maximum Gasteiger partial charge on any atom is 0.262 e. The molecule has 0 heterocycles. The minimum absolute atomic E-state index is 0.0156. The topological polar surface area (TPSA) is 72.5 Å². The second kappa shape index (κ2) is 6.76. The van der Waals surface area contributed by atoms with E-state index in [0.717, 1.165) is 6.07 Å². The number of hydrogen-bond acceptors (Lipinski definition) is 4. The van der Waals surface area contributed by atoms with E-state index in [0.29, 0.717) is 12.1 Å². The van der Waals surface area contributed by atoms with Crippen LogP contribution >= 0.6 is 22.3 Å². The van der Waals surface area contributed by atoms with Crippen molar-refractivity contribution in [1.29, 1.82) is 0 Å². The fourth-order valence-corrected chi connectivity index (χ4v) is 3.01. The molecular weight excluding hydrogens is 325 g/mol. The molecule has 1 atom stereocenters. The predicted octanol–water partition coefficient (Wildman–Crippen LogP) is 2.34. The Hall–Kier alpha value is -0.820. The first kappa shape index (κ1) is 17.2. The zero-order valence-electron chi connectivity index (χ0n) is 11.2. The van der Waals surface area contributed by atoms with Crippen LogP contribution in [-0.2, 0) is 13.8 Å². The lowest BCUT2D eigenvalue weighted by molar-refractivity contribution is 0.0870. The van der Waals surface area contributed by atoms with Gasteiger partial charge in [-0.15, -0.1) is 0 Å². The van der Waals surface area contributed by atoms with Crippen LogP contribution in [0.15, 0.2) is 17.0 Å². The van der Waals surface area contributed by atoms with Crippen LogP contribution in [0.4, 0.5) is 0 Å². The molecule has 0 radical (unpaired) electrons. The molecule has 1 amide bonds. The number of amides is 1. The van der Waals surface area contributed by atoms with E-state index in [4.69, 9.17) is 27.0 Å². The first-order valence-corrected chi connectivity index (χ1v) is 8.41. The number of benzene rings is 1. The molecule has 1 aromatic carbocycles. The van der Waals surface area contributed by atoms with Crippen LogP contribution in [0, 0.1) is 6.92 Å². The third-order valence-electron chi connectivity index (χ3n) is 2.70. The van der Waals surface area contributed by atoms with Gasteiger partial charge in [-0.05, 0) is 31.5 Å². The highest BCUT2D eigenvalue weighted by Gasteiger charge is 2.20. The minimum atomic E-state index is -4.01. The molecular formula is C12H15Cl2NO4S. The summed E-state index contributed by atoms with van der Waals surface area (Å²) in [5.41, 5.74) is 0.632. The average molecular weight is 340 g/mol. The van der Waals surface area contributed by atoms with Crippen molar-refractivity contribution in [1.82, 2.24) is 5.32 Å². The Morgan fingerprint density at radius 1 is 1.45 bits per heavy atom. The van der Waals surface area contributed by atoms with Gasteiger partial charge in [0.05, 0.1) is 11.1 Å². The Morgan fingerprint density at radius 2 is 2.05 bits per heavy atom. The van der Waals surface area contributed by atoms with Crippen LogP contribution < -0.4 is 5.32 Å². The normalized spacial score (nSPS) is 13.1. The summed E-state index contributed by atoms with van der Waals surface area (Å²) in [4.78, 5) is 11.7. The third kappa shape index (κ3) is 4.34. The molecule has 0 spiro atoms. The van der Waals surface area contributed by atoms with Gasteiger partial charge in [-0.2, -0.15) is 0 Å². The van der Waals surface area contributed by atoms with Gasteiger partial charge in [-0.25, -0.2) is 8.42 Å². The molecule has 20 heavy (non-hydrogen) atoms. The molecule has 112 valence electrons. The van der Waals surface area contributed by atoms with Crippen molar-refractivity contribution in [2.45, 2.75) is 24.8 Å². The van der Waals surface area contributed by atoms with E-state index in [9.17, 15) is 13.2 Å². The second-order valence-corrected chi connectivity index (χ2v) is 7.21. The molecule has 1 aromatic rings. The molecule has 0 fully saturated rings. The van der Waals surface area contributed by atoms with E-state index in [1.165, 1.54) is 13.2 Å². The highest BCUT2D eigenvalue weighted by Crippen LogP contribution is 2.29. The predicted molar refractivity (Wildman–Crippen MR) is 78.0 cm³/mol. The van der Waals surface area contributed by atoms with E-state index < -0.39 is 15.0 Å². The van der Waals surface area contributed by atoms with E-state index in [-0.39, 0.29) is 21.6 Å². The molecule has 1 N–H and O–H groups in total. The quantitative estimate of drug-likeness (QED) is 0.835. The number of nitrogens with one attached hydrogen (secondary N) is 1. The van der Waals surface area contributed by atoms with Gasteiger partial charge in [0, 0.05) is 29.9 Å². The van der Waals surface area contributed by atoms with Crippen LogP contribution in [0.25, 0.3) is 0 Å². The van der Waals surface area contributed by atoms with Crippen LogP contribution in [-0.4, -0.2) is 34.1 Å². The zero-order chi connectivity index (χ0) is 15.5. The summed E-state index contributed by atoms with van der Waals surface area (Å²) in [5.74, 6) is -0.421. The van der Waals surface area contributed by atoms with E-state index in [1.54, 1.807) is 13.8 Å². The molecule has 1 unspecified atom stereocenters. The second-order valence-electron chi connectivity index (χ2n) is 4.30. The monoisotopic (exact) mass is 339 g/mol. The maximum atomic E-state index is 12.0. The fourth-order valence-electron chi connectivity index (χ4n) is 1.47. The first-order valence-electron chi connectivity index (χ1n) is 5.72. The molecule has 8 heteroatoms. The minimum Gasteiger partial charge on any atom is -0.380 e. The van der Waals surface area contributed by atoms with Crippen LogP contribution in [0.5, 0.6) is 0 Å². The van der Waals surface area contributed by atoms with Gasteiger partial charge < -0.3 is 10.1 Å². The van der Waals surface area contributed by atoms with Crippen molar-refractivity contribution >= 4 is 37.2 Å². The molecule has 1 rings (SSSR count). The van der Waals surface area contributed by atoms with Crippen molar-refractivity contribution in [2.75, 3.05) is 13.7 Å². The van der Waals surface area contributed by atoms with Gasteiger partial charge in [0.15, 0.2) is 0 Å². The maximum absolute atomic E-state index is 12.0. The zero-order valence-corrected chi connectivity index (χ0v) is 13.6. The number of rotatable bonds is 5. The summed E-state index contributed by atoms with van der Waals surface area (Å²) in [6.07, 6.45) is -0.149. The van der Waals surface area contributed by atoms with Gasteiger partial charge in [-0.1, -0.05) is 11.6 Å². The highest BCUT2D eigenvalue weighted by molar-refractivity contribution is 8.13. The largest absolute Gasteiger partial charge is 0.380 e. The molecule has 0 aliphatic carbocycles. The van der Waals surface area contributed by atoms with Crippen molar-refractivity contribution in [3.05, 3.63) is 28.3 Å². The van der Waals surface area contributed by atoms with Crippen molar-refractivity contribution in [3.8, 4) is 0 Å². The average Bonchev–Trinajstić information content (AvgIpc) is 2.36. The molecule has 0 aliphatic rings. The van der Waals surface area contributed by atoms with E-state index >= 15 is 0 Å².